The molecule has 0 heterocycles. The van der Waals surface area contributed by atoms with Gasteiger partial charge >= 0.3 is 0 Å². The van der Waals surface area contributed by atoms with Gasteiger partial charge in [-0.2, -0.15) is 0 Å². The van der Waals surface area contributed by atoms with Gasteiger partial charge < -0.3 is 5.11 Å². The minimum Gasteiger partial charge on any atom is -0.380 e. The Morgan fingerprint density at radius 1 is 1.29 bits per heavy atom. The van der Waals surface area contributed by atoms with Gasteiger partial charge in [-0.1, -0.05) is 44.2 Å². The highest BCUT2D eigenvalue weighted by molar-refractivity contribution is 5.99. The molecule has 0 bridgehead atoms. The highest BCUT2D eigenvalue weighted by Crippen LogP contribution is 2.49. The van der Waals surface area contributed by atoms with E-state index in [9.17, 15) is 14.7 Å². The number of carbonyl (C=O) groups excluding carboxylic acids is 2. The minimum absolute atomic E-state index is 0.0498. The molecule has 1 aromatic carbocycles. The molecule has 0 saturated heterocycles. The van der Waals surface area contributed by atoms with E-state index in [0.717, 1.165) is 5.57 Å². The van der Waals surface area contributed by atoms with E-state index in [1.807, 2.05) is 19.9 Å². The average Bonchev–Trinajstić information content (AvgIpc) is 2.43. The zero-order chi connectivity index (χ0) is 15.7. The summed E-state index contributed by atoms with van der Waals surface area (Å²) in [5.41, 5.74) is 0.0947. The molecule has 0 aliphatic heterocycles. The number of benzene rings is 1. The summed E-state index contributed by atoms with van der Waals surface area (Å²) in [6, 6.07) is 7.16. The number of rotatable bonds is 3. The van der Waals surface area contributed by atoms with Crippen LogP contribution in [0.2, 0.25) is 0 Å². The number of Topliss-reactive ketones (excluding diaryl/α,β-unsaturated/α-hetero) is 1. The van der Waals surface area contributed by atoms with E-state index < -0.39 is 11.0 Å². The van der Waals surface area contributed by atoms with Crippen molar-refractivity contribution in [3.8, 4) is 0 Å². The molecular formula is C18H20O3. The summed E-state index contributed by atoms with van der Waals surface area (Å²) in [5, 5.41) is 11.2. The van der Waals surface area contributed by atoms with Gasteiger partial charge in [0.15, 0.2) is 5.78 Å². The fraction of sp³-hybridized carbons (Fsp3) is 0.333. The first-order valence-electron chi connectivity index (χ1n) is 6.98. The van der Waals surface area contributed by atoms with Gasteiger partial charge in [0.1, 0.15) is 11.9 Å². The summed E-state index contributed by atoms with van der Waals surface area (Å²) in [6.07, 6.45) is 5.84. The van der Waals surface area contributed by atoms with E-state index >= 15 is 0 Å². The van der Waals surface area contributed by atoms with Crippen molar-refractivity contribution in [2.75, 3.05) is 0 Å². The molecule has 21 heavy (non-hydrogen) atoms. The summed E-state index contributed by atoms with van der Waals surface area (Å²) < 4.78 is 0. The van der Waals surface area contributed by atoms with Crippen LogP contribution in [-0.2, 0) is 10.4 Å². The van der Waals surface area contributed by atoms with E-state index in [0.29, 0.717) is 17.4 Å². The van der Waals surface area contributed by atoms with Crippen LogP contribution >= 0.6 is 0 Å². The van der Waals surface area contributed by atoms with Crippen molar-refractivity contribution in [1.29, 1.82) is 0 Å². The maximum atomic E-state index is 12.2. The molecule has 0 spiro atoms. The van der Waals surface area contributed by atoms with E-state index in [-0.39, 0.29) is 12.2 Å². The van der Waals surface area contributed by atoms with Gasteiger partial charge in [0.2, 0.25) is 0 Å². The first kappa shape index (κ1) is 15.4. The Hall–Kier alpha value is -2.00. The summed E-state index contributed by atoms with van der Waals surface area (Å²) in [5.74, 6) is 0.0498. The van der Waals surface area contributed by atoms with Crippen molar-refractivity contribution in [3.63, 3.8) is 0 Å². The largest absolute Gasteiger partial charge is 0.380 e. The molecule has 0 unspecified atom stereocenters. The average molecular weight is 284 g/mol. The molecular weight excluding hydrogens is 264 g/mol. The molecule has 1 aliphatic carbocycles. The number of aldehydes is 1. The predicted octanol–water partition coefficient (Wildman–Crippen LogP) is 3.19. The summed E-state index contributed by atoms with van der Waals surface area (Å²) in [7, 11) is 0. The maximum Gasteiger partial charge on any atom is 0.163 e. The van der Waals surface area contributed by atoms with Gasteiger partial charge in [0, 0.05) is 17.4 Å². The molecule has 0 fully saturated rings. The van der Waals surface area contributed by atoms with Gasteiger partial charge in [-0.05, 0) is 30.2 Å². The Balaban J connectivity index is 2.58. The Bertz CT molecular complexity index is 638. The molecule has 110 valence electrons. The lowest BCUT2D eigenvalue weighted by Crippen LogP contribution is -2.46. The lowest BCUT2D eigenvalue weighted by atomic mass is 9.62. The topological polar surface area (TPSA) is 54.4 Å². The van der Waals surface area contributed by atoms with Gasteiger partial charge in [-0.3, -0.25) is 9.59 Å². The van der Waals surface area contributed by atoms with Gasteiger partial charge in [-0.15, -0.1) is 0 Å². The number of hydrogen-bond donors (Lipinski definition) is 1. The number of carbonyl (C=O) groups is 2. The van der Waals surface area contributed by atoms with Crippen LogP contribution in [0.5, 0.6) is 0 Å². The van der Waals surface area contributed by atoms with Crippen LogP contribution in [-0.4, -0.2) is 17.2 Å². The Morgan fingerprint density at radius 3 is 2.62 bits per heavy atom. The van der Waals surface area contributed by atoms with E-state index in [1.54, 1.807) is 37.3 Å². The van der Waals surface area contributed by atoms with E-state index in [1.165, 1.54) is 6.08 Å². The molecule has 0 amide bonds. The summed E-state index contributed by atoms with van der Waals surface area (Å²) in [4.78, 5) is 22.7. The zero-order valence-electron chi connectivity index (χ0n) is 12.6. The minimum atomic E-state index is -1.24. The lowest BCUT2D eigenvalue weighted by molar-refractivity contribution is -0.104. The summed E-state index contributed by atoms with van der Waals surface area (Å²) >= 11 is 0. The van der Waals surface area contributed by atoms with Crippen molar-refractivity contribution in [3.05, 3.63) is 59.2 Å². The second kappa shape index (κ2) is 5.41. The van der Waals surface area contributed by atoms with Crippen LogP contribution in [0.25, 0.3) is 0 Å². The van der Waals surface area contributed by atoms with Crippen LogP contribution in [0.1, 0.15) is 43.1 Å². The number of allylic oxidation sites excluding steroid dienone is 3. The van der Waals surface area contributed by atoms with Crippen molar-refractivity contribution in [2.24, 2.45) is 5.41 Å². The molecule has 0 radical (unpaired) electrons. The number of fused-ring (bicyclic) bond motifs is 1. The van der Waals surface area contributed by atoms with E-state index in [4.69, 9.17) is 0 Å². The van der Waals surface area contributed by atoms with Crippen LogP contribution in [0, 0.1) is 5.41 Å². The second-order valence-corrected chi connectivity index (χ2v) is 6.18. The molecule has 3 nitrogen and oxygen atoms in total. The van der Waals surface area contributed by atoms with Crippen molar-refractivity contribution in [1.82, 2.24) is 0 Å². The van der Waals surface area contributed by atoms with Crippen LogP contribution < -0.4 is 0 Å². The molecule has 1 aliphatic rings. The van der Waals surface area contributed by atoms with E-state index in [2.05, 4.69) is 0 Å². The lowest BCUT2D eigenvalue weighted by Gasteiger charge is -2.45. The fourth-order valence-electron chi connectivity index (χ4n) is 2.78. The quantitative estimate of drug-likeness (QED) is 0.527. The van der Waals surface area contributed by atoms with Crippen LogP contribution in [0.3, 0.4) is 0 Å². The summed E-state index contributed by atoms with van der Waals surface area (Å²) in [6.45, 7) is 5.55. The molecule has 1 N–H and O–H groups in total. The normalized spacial score (nSPS) is 25.0. The molecule has 2 rings (SSSR count). The monoisotopic (exact) mass is 284 g/mol. The van der Waals surface area contributed by atoms with Gasteiger partial charge in [0.05, 0.1) is 0 Å². The Labute approximate surface area is 125 Å². The van der Waals surface area contributed by atoms with Crippen LogP contribution in [0.4, 0.5) is 0 Å². The fourth-order valence-corrected chi connectivity index (χ4v) is 2.78. The highest BCUT2D eigenvalue weighted by atomic mass is 16.3. The number of aliphatic hydroxyl groups is 1. The molecule has 3 heteroatoms. The predicted molar refractivity (Wildman–Crippen MR) is 82.0 cm³/mol. The third kappa shape index (κ3) is 2.61. The van der Waals surface area contributed by atoms with Crippen molar-refractivity contribution in [2.45, 2.75) is 32.8 Å². The van der Waals surface area contributed by atoms with Crippen LogP contribution in [0.15, 0.2) is 48.1 Å². The first-order chi connectivity index (χ1) is 9.82. The Morgan fingerprint density at radius 2 is 1.95 bits per heavy atom. The SMILES string of the molecule is CC(=C/C=O)/C=C/[C@]1(O)c2ccccc2C(=O)CC1(C)C. The standard InChI is InChI=1S/C18H20O3/c1-13(9-11-19)8-10-18(21)15-7-5-4-6-14(15)16(20)12-17(18,2)3/h4-11,21H,12H2,1-3H3/b10-8+,13-9-/t18-/m0/s1. The number of hydrogen-bond acceptors (Lipinski definition) is 3. The number of ketones is 1. The first-order valence-corrected chi connectivity index (χ1v) is 6.98. The second-order valence-electron chi connectivity index (χ2n) is 6.18. The Kier molecular flexibility index (Phi) is 3.97. The molecule has 0 aromatic heterocycles. The van der Waals surface area contributed by atoms with Gasteiger partial charge in [0.25, 0.3) is 0 Å². The maximum absolute atomic E-state index is 12.2. The van der Waals surface area contributed by atoms with Gasteiger partial charge in [-0.25, -0.2) is 0 Å². The molecule has 1 atom stereocenters. The molecule has 0 saturated carbocycles. The van der Waals surface area contributed by atoms with Crippen molar-refractivity contribution >= 4 is 12.1 Å². The highest BCUT2D eigenvalue weighted by Gasteiger charge is 2.49. The third-order valence-electron chi connectivity index (χ3n) is 4.19. The smallest absolute Gasteiger partial charge is 0.163 e. The third-order valence-corrected chi connectivity index (χ3v) is 4.19. The van der Waals surface area contributed by atoms with Crippen molar-refractivity contribution < 1.29 is 14.7 Å². The zero-order valence-corrected chi connectivity index (χ0v) is 12.6. The molecule has 1 aromatic rings.